The van der Waals surface area contributed by atoms with Crippen molar-refractivity contribution in [1.82, 2.24) is 0 Å². The summed E-state index contributed by atoms with van der Waals surface area (Å²) in [6.45, 7) is 0.312. The Kier molecular flexibility index (Phi) is 7.04. The predicted molar refractivity (Wildman–Crippen MR) is 120 cm³/mol. The Hall–Kier alpha value is -1.96. The van der Waals surface area contributed by atoms with Gasteiger partial charge in [0.2, 0.25) is 0 Å². The molecule has 28 heavy (non-hydrogen) atoms. The summed E-state index contributed by atoms with van der Waals surface area (Å²) >= 11 is 21.8. The number of nitriles is 1. The quantitative estimate of drug-likeness (QED) is 0.266. The largest absolute Gasteiger partial charge is 0.488 e. The second-order valence-electron chi connectivity index (χ2n) is 5.86. The molecular formula is C22H13BrCl3NO. The lowest BCUT2D eigenvalue weighted by atomic mass is 10.0. The predicted octanol–water partition coefficient (Wildman–Crippen LogP) is 8.05. The van der Waals surface area contributed by atoms with E-state index >= 15 is 0 Å². The summed E-state index contributed by atoms with van der Waals surface area (Å²) < 4.78 is 6.62. The fourth-order valence-electron chi connectivity index (χ4n) is 2.53. The fourth-order valence-corrected chi connectivity index (χ4v) is 3.75. The van der Waals surface area contributed by atoms with Crippen LogP contribution in [0.15, 0.2) is 65.1 Å². The van der Waals surface area contributed by atoms with Crippen LogP contribution in [-0.2, 0) is 6.61 Å². The molecular weight excluding hydrogens is 481 g/mol. The first-order valence-electron chi connectivity index (χ1n) is 8.21. The van der Waals surface area contributed by atoms with Crippen LogP contribution >= 0.6 is 50.7 Å². The molecule has 0 bridgehead atoms. The molecule has 0 aliphatic rings. The molecule has 2 nitrogen and oxygen atoms in total. The first kappa shape index (κ1) is 20.8. The van der Waals surface area contributed by atoms with E-state index in [2.05, 4.69) is 22.0 Å². The lowest BCUT2D eigenvalue weighted by Gasteiger charge is -2.10. The van der Waals surface area contributed by atoms with E-state index in [1.807, 2.05) is 42.5 Å². The fraction of sp³-hybridized carbons (Fsp3) is 0.0455. The highest BCUT2D eigenvalue weighted by Gasteiger charge is 2.08. The van der Waals surface area contributed by atoms with Gasteiger partial charge in [0, 0.05) is 26.2 Å². The van der Waals surface area contributed by atoms with Gasteiger partial charge < -0.3 is 4.74 Å². The molecule has 0 fully saturated rings. The van der Waals surface area contributed by atoms with Crippen molar-refractivity contribution >= 4 is 62.4 Å². The van der Waals surface area contributed by atoms with Gasteiger partial charge in [-0.3, -0.25) is 0 Å². The molecule has 6 heteroatoms. The monoisotopic (exact) mass is 491 g/mol. The Morgan fingerprint density at radius 1 is 1.00 bits per heavy atom. The second-order valence-corrected chi connectivity index (χ2v) is 7.97. The third-order valence-electron chi connectivity index (χ3n) is 3.95. The molecule has 0 amide bonds. The van der Waals surface area contributed by atoms with E-state index in [4.69, 9.17) is 39.5 Å². The number of halogens is 4. The van der Waals surface area contributed by atoms with Crippen LogP contribution in [0.3, 0.4) is 0 Å². The van der Waals surface area contributed by atoms with Crippen molar-refractivity contribution in [3.05, 3.63) is 96.9 Å². The van der Waals surface area contributed by atoms with Gasteiger partial charge in [0.25, 0.3) is 0 Å². The van der Waals surface area contributed by atoms with E-state index in [1.54, 1.807) is 24.3 Å². The van der Waals surface area contributed by atoms with Crippen molar-refractivity contribution in [3.8, 4) is 11.8 Å². The number of hydrogen-bond acceptors (Lipinski definition) is 2. The van der Waals surface area contributed by atoms with Crippen LogP contribution in [0.4, 0.5) is 0 Å². The van der Waals surface area contributed by atoms with Crippen molar-refractivity contribution in [2.24, 2.45) is 0 Å². The minimum absolute atomic E-state index is 0.312. The highest BCUT2D eigenvalue weighted by atomic mass is 79.9. The maximum Gasteiger partial charge on any atom is 0.134 e. The Bertz CT molecular complexity index is 1090. The van der Waals surface area contributed by atoms with Crippen LogP contribution in [0.5, 0.6) is 5.75 Å². The molecule has 0 saturated heterocycles. The van der Waals surface area contributed by atoms with Crippen molar-refractivity contribution in [1.29, 1.82) is 5.26 Å². The van der Waals surface area contributed by atoms with Crippen LogP contribution < -0.4 is 4.74 Å². The summed E-state index contributed by atoms with van der Waals surface area (Å²) in [6, 6.07) is 20.3. The molecule has 3 aromatic rings. The minimum atomic E-state index is 0.312. The van der Waals surface area contributed by atoms with Gasteiger partial charge in [-0.15, -0.1) is 0 Å². The maximum absolute atomic E-state index is 9.51. The lowest BCUT2D eigenvalue weighted by molar-refractivity contribution is 0.304. The van der Waals surface area contributed by atoms with Gasteiger partial charge in [-0.2, -0.15) is 5.26 Å². The van der Waals surface area contributed by atoms with Gasteiger partial charge in [0.1, 0.15) is 12.4 Å². The molecule has 0 spiro atoms. The summed E-state index contributed by atoms with van der Waals surface area (Å²) in [5.74, 6) is 0.666. The van der Waals surface area contributed by atoms with E-state index in [9.17, 15) is 5.26 Å². The van der Waals surface area contributed by atoms with Gasteiger partial charge in [0.15, 0.2) is 0 Å². The van der Waals surface area contributed by atoms with Crippen LogP contribution in [0.1, 0.15) is 16.7 Å². The summed E-state index contributed by atoms with van der Waals surface area (Å²) in [5.41, 5.74) is 2.87. The first-order valence-corrected chi connectivity index (χ1v) is 10.1. The number of allylic oxidation sites excluding steroid dienone is 1. The van der Waals surface area contributed by atoms with Crippen molar-refractivity contribution in [2.45, 2.75) is 6.61 Å². The van der Waals surface area contributed by atoms with Crippen LogP contribution in [-0.4, -0.2) is 0 Å². The highest BCUT2D eigenvalue weighted by molar-refractivity contribution is 9.10. The van der Waals surface area contributed by atoms with E-state index in [-0.39, 0.29) is 0 Å². The number of ether oxygens (including phenoxy) is 1. The number of nitrogens with zero attached hydrogens (tertiary/aromatic N) is 1. The molecule has 140 valence electrons. The van der Waals surface area contributed by atoms with E-state index < -0.39 is 0 Å². The lowest BCUT2D eigenvalue weighted by Crippen LogP contribution is -1.97. The molecule has 0 atom stereocenters. The molecule has 0 unspecified atom stereocenters. The number of rotatable bonds is 5. The summed E-state index contributed by atoms with van der Waals surface area (Å²) in [7, 11) is 0. The molecule has 0 aliphatic heterocycles. The van der Waals surface area contributed by atoms with Gasteiger partial charge in [-0.05, 0) is 57.9 Å². The van der Waals surface area contributed by atoms with Crippen LogP contribution in [0.2, 0.25) is 15.1 Å². The molecule has 0 N–H and O–H groups in total. The summed E-state index contributed by atoms with van der Waals surface area (Å²) in [6.07, 6.45) is 1.78. The zero-order valence-electron chi connectivity index (χ0n) is 14.4. The van der Waals surface area contributed by atoms with E-state index in [0.717, 1.165) is 15.6 Å². The highest BCUT2D eigenvalue weighted by Crippen LogP contribution is 2.31. The van der Waals surface area contributed by atoms with Crippen molar-refractivity contribution in [2.75, 3.05) is 0 Å². The average molecular weight is 494 g/mol. The SMILES string of the molecule is N#CC(=Cc1ccc(OCc2ccc(Cl)cc2Cl)c(Br)c1)c1ccccc1Cl. The van der Waals surface area contributed by atoms with Gasteiger partial charge in [0.05, 0.1) is 16.1 Å². The molecule has 0 radical (unpaired) electrons. The Labute approximate surface area is 187 Å². The number of hydrogen-bond donors (Lipinski definition) is 0. The zero-order chi connectivity index (χ0) is 20.1. The summed E-state index contributed by atoms with van der Waals surface area (Å²) in [4.78, 5) is 0. The second kappa shape index (κ2) is 9.49. The number of benzene rings is 3. The minimum Gasteiger partial charge on any atom is -0.488 e. The van der Waals surface area contributed by atoms with Crippen molar-refractivity contribution in [3.63, 3.8) is 0 Å². The normalized spacial score (nSPS) is 11.2. The van der Waals surface area contributed by atoms with Gasteiger partial charge in [-0.1, -0.05) is 65.1 Å². The molecule has 0 saturated carbocycles. The van der Waals surface area contributed by atoms with Crippen molar-refractivity contribution < 1.29 is 4.74 Å². The van der Waals surface area contributed by atoms with Crippen LogP contribution in [0, 0.1) is 11.3 Å². The molecule has 3 rings (SSSR count). The average Bonchev–Trinajstić information content (AvgIpc) is 2.67. The zero-order valence-corrected chi connectivity index (χ0v) is 18.3. The smallest absolute Gasteiger partial charge is 0.134 e. The van der Waals surface area contributed by atoms with E-state index in [1.165, 1.54) is 0 Å². The maximum atomic E-state index is 9.51. The van der Waals surface area contributed by atoms with Gasteiger partial charge >= 0.3 is 0 Å². The molecule has 0 aliphatic carbocycles. The van der Waals surface area contributed by atoms with Crippen LogP contribution in [0.25, 0.3) is 11.6 Å². The molecule has 0 heterocycles. The third-order valence-corrected chi connectivity index (χ3v) is 5.49. The summed E-state index contributed by atoms with van der Waals surface area (Å²) in [5, 5.41) is 11.2. The Morgan fingerprint density at radius 2 is 1.79 bits per heavy atom. The topological polar surface area (TPSA) is 33.0 Å². The molecule has 3 aromatic carbocycles. The Morgan fingerprint density at radius 3 is 2.46 bits per heavy atom. The third kappa shape index (κ3) is 5.10. The standard InChI is InChI=1S/C22H13BrCl3NO/c23-19-10-14(9-16(12-27)18-3-1-2-4-20(18)25)5-8-22(19)28-13-15-6-7-17(24)11-21(15)26/h1-11H,13H2. The Balaban J connectivity index is 1.80. The van der Waals surface area contributed by atoms with E-state index in [0.29, 0.717) is 38.6 Å². The van der Waals surface area contributed by atoms with Gasteiger partial charge in [-0.25, -0.2) is 0 Å². The first-order chi connectivity index (χ1) is 13.5. The molecule has 0 aromatic heterocycles.